The van der Waals surface area contributed by atoms with Crippen LogP contribution < -0.4 is 11.1 Å². The van der Waals surface area contributed by atoms with Gasteiger partial charge >= 0.3 is 5.97 Å². The number of carbonyl (C=O) groups excluding carboxylic acids is 1. The summed E-state index contributed by atoms with van der Waals surface area (Å²) in [6.07, 6.45) is 1.53. The molecule has 0 aliphatic rings. The highest BCUT2D eigenvalue weighted by Gasteiger charge is 2.13. The first kappa shape index (κ1) is 15.5. The zero-order chi connectivity index (χ0) is 14.0. The standard InChI is InChI=1S/C12H12N4O3.ClH/c1-16-6-9(13)15-10(16)11(17)14-8-4-2-7(3-5-8)12(18)19;/h2-6H,13H2,1H3,(H,14,17)(H,18,19);1H. The van der Waals surface area contributed by atoms with Crippen LogP contribution in [0.15, 0.2) is 30.5 Å². The molecule has 1 heterocycles. The van der Waals surface area contributed by atoms with Crippen molar-refractivity contribution in [1.29, 1.82) is 0 Å². The summed E-state index contributed by atoms with van der Waals surface area (Å²) in [4.78, 5) is 26.5. The zero-order valence-corrected chi connectivity index (χ0v) is 11.3. The number of carboxylic acid groups (broad SMARTS) is 1. The van der Waals surface area contributed by atoms with E-state index in [4.69, 9.17) is 10.8 Å². The molecular weight excluding hydrogens is 284 g/mol. The van der Waals surface area contributed by atoms with Gasteiger partial charge < -0.3 is 20.7 Å². The highest BCUT2D eigenvalue weighted by molar-refractivity contribution is 6.02. The van der Waals surface area contributed by atoms with Crippen LogP contribution in [0.25, 0.3) is 0 Å². The van der Waals surface area contributed by atoms with Gasteiger partial charge in [0.25, 0.3) is 5.91 Å². The summed E-state index contributed by atoms with van der Waals surface area (Å²) in [6, 6.07) is 5.83. The molecule has 0 saturated heterocycles. The maximum absolute atomic E-state index is 11.9. The Morgan fingerprint density at radius 1 is 1.30 bits per heavy atom. The minimum atomic E-state index is -1.02. The first-order valence-electron chi connectivity index (χ1n) is 5.41. The van der Waals surface area contributed by atoms with Gasteiger partial charge in [0.2, 0.25) is 5.82 Å². The molecule has 4 N–H and O–H groups in total. The number of imidazole rings is 1. The molecular formula is C12H13ClN4O3. The van der Waals surface area contributed by atoms with E-state index < -0.39 is 11.9 Å². The Kier molecular flexibility index (Phi) is 4.71. The molecule has 0 aliphatic heterocycles. The smallest absolute Gasteiger partial charge is 0.335 e. The Balaban J connectivity index is 0.00000200. The van der Waals surface area contributed by atoms with E-state index in [1.54, 1.807) is 7.05 Å². The van der Waals surface area contributed by atoms with Gasteiger partial charge in [0.15, 0.2) is 0 Å². The van der Waals surface area contributed by atoms with Gasteiger partial charge in [-0.1, -0.05) is 0 Å². The van der Waals surface area contributed by atoms with Crippen LogP contribution in [0.1, 0.15) is 21.0 Å². The number of nitrogens with zero attached hydrogens (tertiary/aromatic N) is 2. The van der Waals surface area contributed by atoms with Crippen LogP contribution in [0, 0.1) is 0 Å². The normalized spacial score (nSPS) is 9.65. The van der Waals surface area contributed by atoms with E-state index in [1.165, 1.54) is 35.0 Å². The van der Waals surface area contributed by atoms with Crippen molar-refractivity contribution in [3.8, 4) is 0 Å². The number of nitrogen functional groups attached to an aromatic ring is 1. The lowest BCUT2D eigenvalue weighted by Crippen LogP contribution is -2.16. The molecule has 2 rings (SSSR count). The number of aryl methyl sites for hydroxylation is 1. The second-order valence-electron chi connectivity index (χ2n) is 3.94. The lowest BCUT2D eigenvalue weighted by molar-refractivity contribution is 0.0696. The van der Waals surface area contributed by atoms with E-state index in [9.17, 15) is 9.59 Å². The number of carbonyl (C=O) groups is 2. The molecule has 0 unspecified atom stereocenters. The molecule has 0 bridgehead atoms. The number of anilines is 2. The lowest BCUT2D eigenvalue weighted by Gasteiger charge is -2.05. The van der Waals surface area contributed by atoms with Crippen molar-refractivity contribution < 1.29 is 14.7 Å². The summed E-state index contributed by atoms with van der Waals surface area (Å²) in [5.41, 5.74) is 6.12. The summed E-state index contributed by atoms with van der Waals surface area (Å²) in [5, 5.41) is 11.4. The van der Waals surface area contributed by atoms with E-state index in [2.05, 4.69) is 10.3 Å². The molecule has 1 amide bonds. The third-order valence-corrected chi connectivity index (χ3v) is 2.49. The second-order valence-corrected chi connectivity index (χ2v) is 3.94. The monoisotopic (exact) mass is 296 g/mol. The van der Waals surface area contributed by atoms with Crippen molar-refractivity contribution >= 4 is 35.8 Å². The minimum absolute atomic E-state index is 0. The van der Waals surface area contributed by atoms with Crippen molar-refractivity contribution in [3.63, 3.8) is 0 Å². The summed E-state index contributed by atoms with van der Waals surface area (Å²) >= 11 is 0. The molecule has 2 aromatic rings. The fourth-order valence-corrected chi connectivity index (χ4v) is 1.58. The van der Waals surface area contributed by atoms with Gasteiger partial charge in [0.1, 0.15) is 5.82 Å². The van der Waals surface area contributed by atoms with Gasteiger partial charge in [-0.3, -0.25) is 4.79 Å². The number of amides is 1. The maximum Gasteiger partial charge on any atom is 0.335 e. The highest BCUT2D eigenvalue weighted by atomic mass is 35.5. The first-order valence-corrected chi connectivity index (χ1v) is 5.41. The van der Waals surface area contributed by atoms with Crippen LogP contribution >= 0.6 is 12.4 Å². The van der Waals surface area contributed by atoms with Crippen molar-refractivity contribution in [3.05, 3.63) is 41.9 Å². The predicted octanol–water partition coefficient (Wildman–Crippen LogP) is 1.37. The van der Waals surface area contributed by atoms with E-state index >= 15 is 0 Å². The summed E-state index contributed by atoms with van der Waals surface area (Å²) in [5.74, 6) is -0.995. The second kappa shape index (κ2) is 6.07. The van der Waals surface area contributed by atoms with Crippen molar-refractivity contribution in [2.45, 2.75) is 0 Å². The summed E-state index contributed by atoms with van der Waals surface area (Å²) in [7, 11) is 1.66. The maximum atomic E-state index is 11.9. The summed E-state index contributed by atoms with van der Waals surface area (Å²) < 4.78 is 1.51. The molecule has 8 heteroatoms. The summed E-state index contributed by atoms with van der Waals surface area (Å²) in [6.45, 7) is 0. The molecule has 7 nitrogen and oxygen atoms in total. The average Bonchev–Trinajstić information content (AvgIpc) is 2.69. The molecule has 106 valence electrons. The zero-order valence-electron chi connectivity index (χ0n) is 10.5. The van der Waals surface area contributed by atoms with E-state index in [0.717, 1.165) is 0 Å². The van der Waals surface area contributed by atoms with Crippen LogP contribution in [0.4, 0.5) is 11.5 Å². The van der Waals surface area contributed by atoms with Crippen molar-refractivity contribution in [2.75, 3.05) is 11.1 Å². The Morgan fingerprint density at radius 2 is 1.90 bits per heavy atom. The Bertz CT molecular complexity index is 637. The largest absolute Gasteiger partial charge is 0.478 e. The number of nitrogens with two attached hydrogens (primary N) is 1. The van der Waals surface area contributed by atoms with Gasteiger partial charge in [-0.25, -0.2) is 9.78 Å². The van der Waals surface area contributed by atoms with Gasteiger partial charge in [0, 0.05) is 18.9 Å². The Hall–Kier alpha value is -2.54. The fourth-order valence-electron chi connectivity index (χ4n) is 1.58. The third-order valence-electron chi connectivity index (χ3n) is 2.49. The SMILES string of the molecule is Cl.Cn1cc(N)nc1C(=O)Nc1ccc(C(=O)O)cc1. The van der Waals surface area contributed by atoms with E-state index in [1.807, 2.05) is 0 Å². The molecule has 1 aromatic heterocycles. The number of aromatic carboxylic acids is 1. The molecule has 0 saturated carbocycles. The van der Waals surface area contributed by atoms with Gasteiger partial charge in [-0.2, -0.15) is 0 Å². The average molecular weight is 297 g/mol. The van der Waals surface area contributed by atoms with E-state index in [0.29, 0.717) is 5.69 Å². The molecule has 0 spiro atoms. The molecule has 0 atom stereocenters. The van der Waals surface area contributed by atoms with Crippen LogP contribution in [0.5, 0.6) is 0 Å². The quantitative estimate of drug-likeness (QED) is 0.792. The molecule has 1 aromatic carbocycles. The molecule has 0 fully saturated rings. The number of hydrogen-bond donors (Lipinski definition) is 3. The van der Waals surface area contributed by atoms with Crippen molar-refractivity contribution in [2.24, 2.45) is 7.05 Å². The number of benzene rings is 1. The number of rotatable bonds is 3. The van der Waals surface area contributed by atoms with Gasteiger partial charge in [0.05, 0.1) is 5.56 Å². The number of hydrogen-bond acceptors (Lipinski definition) is 4. The fraction of sp³-hybridized carbons (Fsp3) is 0.0833. The van der Waals surface area contributed by atoms with E-state index in [-0.39, 0.29) is 29.6 Å². The van der Waals surface area contributed by atoms with Crippen LogP contribution in [-0.4, -0.2) is 26.5 Å². The number of halogens is 1. The molecule has 0 radical (unpaired) electrons. The highest BCUT2D eigenvalue weighted by Crippen LogP contribution is 2.11. The Labute approximate surface area is 120 Å². The third kappa shape index (κ3) is 3.27. The first-order chi connectivity index (χ1) is 8.97. The molecule has 0 aliphatic carbocycles. The van der Waals surface area contributed by atoms with Crippen LogP contribution in [-0.2, 0) is 7.05 Å². The molecule has 20 heavy (non-hydrogen) atoms. The number of aromatic nitrogens is 2. The van der Waals surface area contributed by atoms with Crippen molar-refractivity contribution in [1.82, 2.24) is 9.55 Å². The predicted molar refractivity (Wildman–Crippen MR) is 76.2 cm³/mol. The number of nitrogens with one attached hydrogen (secondary N) is 1. The van der Waals surface area contributed by atoms with Crippen LogP contribution in [0.2, 0.25) is 0 Å². The lowest BCUT2D eigenvalue weighted by atomic mass is 10.2. The number of carboxylic acids is 1. The van der Waals surface area contributed by atoms with Gasteiger partial charge in [-0.05, 0) is 24.3 Å². The topological polar surface area (TPSA) is 110 Å². The Morgan fingerprint density at radius 3 is 2.35 bits per heavy atom. The van der Waals surface area contributed by atoms with Crippen LogP contribution in [0.3, 0.4) is 0 Å². The van der Waals surface area contributed by atoms with Gasteiger partial charge in [-0.15, -0.1) is 12.4 Å². The minimum Gasteiger partial charge on any atom is -0.478 e.